The zero-order valence-corrected chi connectivity index (χ0v) is 39.3. The van der Waals surface area contributed by atoms with Crippen molar-refractivity contribution in [2.45, 2.75) is 97.4 Å². The first-order chi connectivity index (χ1) is 31.8. The third kappa shape index (κ3) is 12.4. The molecule has 2 N–H and O–H groups in total. The number of hydrogen-bond acceptors (Lipinski definition) is 11. The Morgan fingerprint density at radius 2 is 1.62 bits per heavy atom. The first kappa shape index (κ1) is 49.3. The number of nitrogens with zero attached hydrogens (tertiary/aromatic N) is 3. The van der Waals surface area contributed by atoms with Crippen molar-refractivity contribution in [3.63, 3.8) is 0 Å². The highest BCUT2D eigenvalue weighted by molar-refractivity contribution is 7.44. The molecule has 0 bridgehead atoms. The topological polar surface area (TPSA) is 175 Å². The minimum Gasteiger partial charge on any atom is -0.497 e. The molecule has 4 unspecified atom stereocenters. The standard InChI is InChI=1S/C51H57N4O10P/c1-33(2)55(34(3)4)66(63-27-11-26-52)65-45-29-47(54-30-39(49(56)53-51(54)59)13-9-8-12-38-28-35(5)16-25-44(38)50(57)58)64-46(45)32-62-31-40-14-10-15-43(36-17-21-41(60-6)22-18-36)48(40)37-19-23-42(61-7)24-20-37/h10,14-25,28,30,33-34,45-47H,8,11-12,27,29,31-32H2,1-7H3,(H,57,58)(H,53,56,59). The number of H-pyrrole nitrogens is 1. The second kappa shape index (κ2) is 23.4. The maximum absolute atomic E-state index is 13.5. The lowest BCUT2D eigenvalue weighted by atomic mass is 9.90. The number of benzene rings is 4. The number of methoxy groups -OCH3 is 2. The number of rotatable bonds is 20. The van der Waals surface area contributed by atoms with Crippen molar-refractivity contribution in [3.05, 3.63) is 140 Å². The number of aryl methyl sites for hydroxylation is 2. The van der Waals surface area contributed by atoms with Gasteiger partial charge in [0.15, 0.2) is 0 Å². The molecule has 15 heteroatoms. The van der Waals surface area contributed by atoms with Gasteiger partial charge >= 0.3 is 11.7 Å². The van der Waals surface area contributed by atoms with Crippen LogP contribution < -0.4 is 20.7 Å². The summed E-state index contributed by atoms with van der Waals surface area (Å²) >= 11 is 0. The predicted octanol–water partition coefficient (Wildman–Crippen LogP) is 9.04. The van der Waals surface area contributed by atoms with Gasteiger partial charge < -0.3 is 33.1 Å². The fourth-order valence-corrected chi connectivity index (χ4v) is 9.70. The van der Waals surface area contributed by atoms with Crippen molar-refractivity contribution < 1.29 is 37.9 Å². The summed E-state index contributed by atoms with van der Waals surface area (Å²) in [6.45, 7) is 10.5. The first-order valence-corrected chi connectivity index (χ1v) is 23.0. The highest BCUT2D eigenvalue weighted by Crippen LogP contribution is 2.50. The number of carbonyl (C=O) groups is 1. The van der Waals surface area contributed by atoms with Crippen LogP contribution in [0, 0.1) is 30.1 Å². The Hall–Kier alpha value is -6.09. The van der Waals surface area contributed by atoms with Gasteiger partial charge in [-0.05, 0) is 105 Å². The van der Waals surface area contributed by atoms with E-state index in [1.165, 1.54) is 10.8 Å². The Labute approximate surface area is 387 Å². The molecule has 4 atom stereocenters. The van der Waals surface area contributed by atoms with Crippen LogP contribution in [0.1, 0.15) is 85.8 Å². The maximum Gasteiger partial charge on any atom is 0.335 e. The third-order valence-corrected chi connectivity index (χ3v) is 13.2. The van der Waals surface area contributed by atoms with Gasteiger partial charge in [-0.3, -0.25) is 14.3 Å². The Morgan fingerprint density at radius 1 is 0.939 bits per heavy atom. The fraction of sp³-hybridized carbons (Fsp3) is 0.373. The lowest BCUT2D eigenvalue weighted by Crippen LogP contribution is -2.36. The number of aromatic amines is 1. The molecule has 2 heterocycles. The number of aromatic carboxylic acids is 1. The normalized spacial score (nSPS) is 16.2. The zero-order valence-electron chi connectivity index (χ0n) is 38.4. The van der Waals surface area contributed by atoms with Crippen molar-refractivity contribution in [2.75, 3.05) is 27.4 Å². The van der Waals surface area contributed by atoms with Crippen LogP contribution in [0.4, 0.5) is 0 Å². The van der Waals surface area contributed by atoms with Crippen LogP contribution in [-0.4, -0.2) is 77.0 Å². The summed E-state index contributed by atoms with van der Waals surface area (Å²) in [4.78, 5) is 40.7. The van der Waals surface area contributed by atoms with E-state index in [1.807, 2.05) is 73.7 Å². The van der Waals surface area contributed by atoms with Crippen LogP contribution in [0.25, 0.3) is 22.3 Å². The Bertz CT molecular complexity index is 2660. The van der Waals surface area contributed by atoms with E-state index in [4.69, 9.17) is 28.0 Å². The molecule has 0 spiro atoms. The Morgan fingerprint density at radius 3 is 2.26 bits per heavy atom. The minimum absolute atomic E-state index is 0.0324. The number of carboxylic acids is 1. The molecular weight excluding hydrogens is 860 g/mol. The minimum atomic E-state index is -1.71. The van der Waals surface area contributed by atoms with E-state index in [-0.39, 0.29) is 62.3 Å². The molecule has 0 saturated carbocycles. The van der Waals surface area contributed by atoms with Gasteiger partial charge in [-0.1, -0.05) is 72.0 Å². The van der Waals surface area contributed by atoms with Gasteiger partial charge in [0.25, 0.3) is 14.1 Å². The van der Waals surface area contributed by atoms with E-state index in [0.29, 0.717) is 12.0 Å². The van der Waals surface area contributed by atoms with Gasteiger partial charge in [0, 0.05) is 31.1 Å². The van der Waals surface area contributed by atoms with Crippen molar-refractivity contribution in [3.8, 4) is 51.7 Å². The molecule has 0 aliphatic carbocycles. The molecule has 14 nitrogen and oxygen atoms in total. The molecule has 0 amide bonds. The molecule has 1 saturated heterocycles. The SMILES string of the molecule is COc1ccc(-c2cccc(COCC3OC(n4cc(C#CCCc5cc(C)ccc5C(=O)O)c(=O)[nH]c4=O)CC3OP(OCCC#N)N(C(C)C)C(C)C)c2-c2ccc(OC)cc2)cc1. The second-order valence-electron chi connectivity index (χ2n) is 16.3. The van der Waals surface area contributed by atoms with Crippen molar-refractivity contribution in [2.24, 2.45) is 0 Å². The molecule has 1 aliphatic rings. The number of nitrogens with one attached hydrogen (secondary N) is 1. The van der Waals surface area contributed by atoms with Crippen LogP contribution in [-0.2, 0) is 31.5 Å². The smallest absolute Gasteiger partial charge is 0.335 e. The van der Waals surface area contributed by atoms with Crippen LogP contribution in [0.15, 0.2) is 101 Å². The summed E-state index contributed by atoms with van der Waals surface area (Å²) in [5, 5.41) is 19.0. The molecule has 1 aromatic heterocycles. The van der Waals surface area contributed by atoms with E-state index < -0.39 is 44.2 Å². The van der Waals surface area contributed by atoms with Crippen LogP contribution in [0.3, 0.4) is 0 Å². The second-order valence-corrected chi connectivity index (χ2v) is 17.8. The first-order valence-electron chi connectivity index (χ1n) is 21.9. The molecule has 66 heavy (non-hydrogen) atoms. The summed E-state index contributed by atoms with van der Waals surface area (Å²) in [6.07, 6.45) is 0.191. The Kier molecular flexibility index (Phi) is 17.5. The number of carboxylic acid groups (broad SMARTS) is 1. The number of ether oxygens (including phenoxy) is 4. The van der Waals surface area contributed by atoms with Crippen LogP contribution >= 0.6 is 8.53 Å². The molecule has 5 aromatic rings. The molecule has 4 aromatic carbocycles. The Balaban J connectivity index is 1.30. The quantitative estimate of drug-likeness (QED) is 0.0431. The molecule has 346 valence electrons. The highest BCUT2D eigenvalue weighted by atomic mass is 31.2. The summed E-state index contributed by atoms with van der Waals surface area (Å²) in [6, 6.07) is 29.2. The number of nitriles is 1. The van der Waals surface area contributed by atoms with E-state index in [0.717, 1.165) is 44.9 Å². The molecule has 1 aliphatic heterocycles. The predicted molar refractivity (Wildman–Crippen MR) is 253 cm³/mol. The van der Waals surface area contributed by atoms with Crippen LogP contribution in [0.5, 0.6) is 11.5 Å². The van der Waals surface area contributed by atoms with Gasteiger partial charge in [-0.2, -0.15) is 5.26 Å². The number of aromatic nitrogens is 2. The summed E-state index contributed by atoms with van der Waals surface area (Å²) in [5.74, 6) is 6.33. The molecule has 1 fully saturated rings. The molecular formula is C51H57N4O10P. The van der Waals surface area contributed by atoms with Gasteiger partial charge in [-0.25, -0.2) is 14.3 Å². The van der Waals surface area contributed by atoms with Gasteiger partial charge in [0.05, 0.1) is 58.2 Å². The average molecular weight is 917 g/mol. The van der Waals surface area contributed by atoms with Crippen molar-refractivity contribution in [1.82, 2.24) is 14.2 Å². The van der Waals surface area contributed by atoms with E-state index in [9.17, 15) is 24.8 Å². The molecule has 0 radical (unpaired) electrons. The van der Waals surface area contributed by atoms with E-state index in [1.54, 1.807) is 26.4 Å². The van der Waals surface area contributed by atoms with Crippen molar-refractivity contribution >= 4 is 14.5 Å². The maximum atomic E-state index is 13.5. The highest BCUT2D eigenvalue weighted by Gasteiger charge is 2.42. The average Bonchev–Trinajstić information content (AvgIpc) is 3.69. The molecule has 6 rings (SSSR count). The monoisotopic (exact) mass is 916 g/mol. The van der Waals surface area contributed by atoms with Crippen LogP contribution in [0.2, 0.25) is 0 Å². The van der Waals surface area contributed by atoms with Crippen molar-refractivity contribution in [1.29, 1.82) is 5.26 Å². The lowest BCUT2D eigenvalue weighted by Gasteiger charge is -2.37. The van der Waals surface area contributed by atoms with Gasteiger partial charge in [0.1, 0.15) is 29.4 Å². The van der Waals surface area contributed by atoms with E-state index in [2.05, 4.69) is 61.3 Å². The summed E-state index contributed by atoms with van der Waals surface area (Å²) < 4.78 is 40.6. The van der Waals surface area contributed by atoms with Gasteiger partial charge in [-0.15, -0.1) is 0 Å². The summed E-state index contributed by atoms with van der Waals surface area (Å²) in [5.41, 5.74) is 5.36. The summed E-state index contributed by atoms with van der Waals surface area (Å²) in [7, 11) is 1.56. The zero-order chi connectivity index (χ0) is 47.3. The largest absolute Gasteiger partial charge is 0.497 e. The van der Waals surface area contributed by atoms with E-state index >= 15 is 0 Å². The fourth-order valence-electron chi connectivity index (χ4n) is 7.94. The number of hydrogen-bond donors (Lipinski definition) is 2. The third-order valence-electron chi connectivity index (χ3n) is 11.1. The lowest BCUT2D eigenvalue weighted by molar-refractivity contribution is -0.0646. The van der Waals surface area contributed by atoms with Gasteiger partial charge in [0.2, 0.25) is 0 Å².